The van der Waals surface area contributed by atoms with Gasteiger partial charge in [-0.15, -0.1) is 0 Å². The topological polar surface area (TPSA) is 32.7 Å². The number of nitrogens with zero attached hydrogens (tertiary/aromatic N) is 1. The zero-order chi connectivity index (χ0) is 15.9. The van der Waals surface area contributed by atoms with Gasteiger partial charge in [-0.2, -0.15) is 0 Å². The van der Waals surface area contributed by atoms with Crippen molar-refractivity contribution in [2.75, 3.05) is 13.1 Å². The Morgan fingerprint density at radius 1 is 1.27 bits per heavy atom. The van der Waals surface area contributed by atoms with Crippen LogP contribution in [0.3, 0.4) is 0 Å². The fourth-order valence-corrected chi connectivity index (χ4v) is 3.98. The summed E-state index contributed by atoms with van der Waals surface area (Å²) < 4.78 is 6.28. The van der Waals surface area contributed by atoms with Crippen molar-refractivity contribution in [2.45, 2.75) is 64.7 Å². The molecule has 1 N–H and O–H groups in total. The van der Waals surface area contributed by atoms with E-state index in [0.29, 0.717) is 0 Å². The van der Waals surface area contributed by atoms with Gasteiger partial charge in [0.15, 0.2) is 0 Å². The van der Waals surface area contributed by atoms with Gasteiger partial charge in [0.2, 0.25) is 0 Å². The zero-order valence-corrected chi connectivity index (χ0v) is 14.3. The molecule has 2 aliphatic rings. The summed E-state index contributed by atoms with van der Waals surface area (Å²) in [4.78, 5) is 2.44. The van der Waals surface area contributed by atoms with Crippen LogP contribution in [0.5, 0.6) is 5.75 Å². The van der Waals surface area contributed by atoms with Gasteiger partial charge in [0.1, 0.15) is 17.5 Å². The van der Waals surface area contributed by atoms with Crippen LogP contribution in [0.1, 0.15) is 57.8 Å². The zero-order valence-electron chi connectivity index (χ0n) is 14.3. The van der Waals surface area contributed by atoms with Crippen LogP contribution >= 0.6 is 0 Å². The molecular weight excluding hydrogens is 274 g/mol. The number of piperidine rings is 1. The molecule has 2 heterocycles. The van der Waals surface area contributed by atoms with Crippen molar-refractivity contribution in [3.63, 3.8) is 0 Å². The van der Waals surface area contributed by atoms with Gasteiger partial charge in [-0.25, -0.2) is 0 Å². The van der Waals surface area contributed by atoms with Crippen molar-refractivity contribution in [2.24, 2.45) is 5.92 Å². The smallest absolute Gasteiger partial charge is 0.126 e. The molecule has 3 rings (SSSR count). The van der Waals surface area contributed by atoms with Gasteiger partial charge >= 0.3 is 0 Å². The first-order valence-electron chi connectivity index (χ1n) is 8.66. The Kier molecular flexibility index (Phi) is 4.21. The SMILES string of the molecule is CCc1ccc2c(c1)C(O)C(N1CCC(C)CC1)C(C)(C)O2. The summed E-state index contributed by atoms with van der Waals surface area (Å²) in [6.07, 6.45) is 2.93. The molecule has 2 aliphatic heterocycles. The van der Waals surface area contributed by atoms with Gasteiger partial charge in [-0.1, -0.05) is 19.9 Å². The summed E-state index contributed by atoms with van der Waals surface area (Å²) in [5, 5.41) is 11.1. The highest BCUT2D eigenvalue weighted by molar-refractivity contribution is 5.42. The van der Waals surface area contributed by atoms with Crippen LogP contribution in [-0.4, -0.2) is 34.7 Å². The van der Waals surface area contributed by atoms with Gasteiger partial charge in [0.25, 0.3) is 0 Å². The Labute approximate surface area is 134 Å². The number of aliphatic hydroxyl groups excluding tert-OH is 1. The predicted octanol–water partition coefficient (Wildman–Crippen LogP) is 3.55. The van der Waals surface area contributed by atoms with E-state index >= 15 is 0 Å². The molecule has 1 saturated heterocycles. The van der Waals surface area contributed by atoms with Gasteiger partial charge in [0, 0.05) is 5.56 Å². The van der Waals surface area contributed by atoms with E-state index in [1.165, 1.54) is 18.4 Å². The highest BCUT2D eigenvalue weighted by atomic mass is 16.5. The van der Waals surface area contributed by atoms with Crippen molar-refractivity contribution in [1.29, 1.82) is 0 Å². The molecule has 2 unspecified atom stereocenters. The van der Waals surface area contributed by atoms with Crippen molar-refractivity contribution in [3.05, 3.63) is 29.3 Å². The Morgan fingerprint density at radius 2 is 1.95 bits per heavy atom. The molecule has 1 aromatic carbocycles. The minimum atomic E-state index is -0.473. The first-order chi connectivity index (χ1) is 10.4. The minimum absolute atomic E-state index is 0.0274. The second-order valence-corrected chi connectivity index (χ2v) is 7.54. The Bertz CT molecular complexity index is 532. The lowest BCUT2D eigenvalue weighted by Gasteiger charge is -2.49. The lowest BCUT2D eigenvalue weighted by Crippen LogP contribution is -2.59. The number of benzene rings is 1. The van der Waals surface area contributed by atoms with Crippen LogP contribution in [-0.2, 0) is 6.42 Å². The van der Waals surface area contributed by atoms with E-state index in [0.717, 1.165) is 36.7 Å². The molecule has 0 bridgehead atoms. The summed E-state index contributed by atoms with van der Waals surface area (Å²) in [6.45, 7) is 10.8. The number of fused-ring (bicyclic) bond motifs is 1. The third-order valence-electron chi connectivity index (χ3n) is 5.40. The maximum absolute atomic E-state index is 11.1. The molecule has 22 heavy (non-hydrogen) atoms. The molecule has 0 saturated carbocycles. The monoisotopic (exact) mass is 303 g/mol. The maximum atomic E-state index is 11.1. The van der Waals surface area contributed by atoms with E-state index in [1.807, 2.05) is 6.07 Å². The average molecular weight is 303 g/mol. The summed E-state index contributed by atoms with van der Waals surface area (Å²) in [5.74, 6) is 1.64. The molecule has 2 atom stereocenters. The van der Waals surface area contributed by atoms with Crippen LogP contribution in [0.2, 0.25) is 0 Å². The largest absolute Gasteiger partial charge is 0.486 e. The Balaban J connectivity index is 1.92. The van der Waals surface area contributed by atoms with Crippen molar-refractivity contribution < 1.29 is 9.84 Å². The molecule has 0 aliphatic carbocycles. The van der Waals surface area contributed by atoms with Crippen molar-refractivity contribution in [1.82, 2.24) is 4.90 Å². The lowest BCUT2D eigenvalue weighted by atomic mass is 9.82. The number of aryl methyl sites for hydroxylation is 1. The van der Waals surface area contributed by atoms with Crippen molar-refractivity contribution in [3.8, 4) is 5.75 Å². The van der Waals surface area contributed by atoms with Crippen molar-refractivity contribution >= 4 is 0 Å². The third-order valence-corrected chi connectivity index (χ3v) is 5.40. The van der Waals surface area contributed by atoms with Gasteiger partial charge in [-0.3, -0.25) is 4.90 Å². The predicted molar refractivity (Wildman–Crippen MR) is 89.2 cm³/mol. The van der Waals surface area contributed by atoms with Crippen LogP contribution in [0, 0.1) is 5.92 Å². The van der Waals surface area contributed by atoms with Gasteiger partial charge < -0.3 is 9.84 Å². The van der Waals surface area contributed by atoms with Crippen LogP contribution < -0.4 is 4.74 Å². The third kappa shape index (κ3) is 2.77. The number of hydrogen-bond donors (Lipinski definition) is 1. The molecule has 1 aromatic rings. The quantitative estimate of drug-likeness (QED) is 0.907. The van der Waals surface area contributed by atoms with E-state index in [4.69, 9.17) is 4.74 Å². The van der Waals surface area contributed by atoms with Crippen LogP contribution in [0.25, 0.3) is 0 Å². The number of rotatable bonds is 2. The van der Waals surface area contributed by atoms with E-state index in [1.54, 1.807) is 0 Å². The van der Waals surface area contributed by atoms with Gasteiger partial charge in [-0.05, 0) is 69.8 Å². The lowest BCUT2D eigenvalue weighted by molar-refractivity contribution is -0.0902. The molecule has 122 valence electrons. The fourth-order valence-electron chi connectivity index (χ4n) is 3.98. The molecule has 0 radical (unpaired) electrons. The van der Waals surface area contributed by atoms with E-state index in [9.17, 15) is 5.11 Å². The molecule has 0 spiro atoms. The van der Waals surface area contributed by atoms with E-state index in [-0.39, 0.29) is 11.6 Å². The summed E-state index contributed by atoms with van der Waals surface area (Å²) in [5.41, 5.74) is 1.84. The number of hydrogen-bond acceptors (Lipinski definition) is 3. The molecule has 3 nitrogen and oxygen atoms in total. The second-order valence-electron chi connectivity index (χ2n) is 7.54. The molecule has 1 fully saturated rings. The number of likely N-dealkylation sites (tertiary alicyclic amines) is 1. The summed E-state index contributed by atoms with van der Waals surface area (Å²) >= 11 is 0. The molecule has 0 amide bonds. The van der Waals surface area contributed by atoms with E-state index < -0.39 is 6.10 Å². The van der Waals surface area contributed by atoms with Crippen LogP contribution in [0.15, 0.2) is 18.2 Å². The van der Waals surface area contributed by atoms with Gasteiger partial charge in [0.05, 0.1) is 6.04 Å². The highest BCUT2D eigenvalue weighted by Gasteiger charge is 2.46. The Hall–Kier alpha value is -1.06. The average Bonchev–Trinajstić information content (AvgIpc) is 2.48. The number of ether oxygens (including phenoxy) is 1. The Morgan fingerprint density at radius 3 is 2.59 bits per heavy atom. The van der Waals surface area contributed by atoms with Crippen LogP contribution in [0.4, 0.5) is 0 Å². The maximum Gasteiger partial charge on any atom is 0.126 e. The first-order valence-corrected chi connectivity index (χ1v) is 8.66. The first kappa shape index (κ1) is 15.8. The molecular formula is C19H29NO2. The minimum Gasteiger partial charge on any atom is -0.486 e. The second kappa shape index (κ2) is 5.86. The van der Waals surface area contributed by atoms with E-state index in [2.05, 4.69) is 44.7 Å². The molecule has 0 aromatic heterocycles. The summed E-state index contributed by atoms with van der Waals surface area (Å²) in [6, 6.07) is 6.27. The highest BCUT2D eigenvalue weighted by Crippen LogP contribution is 2.43. The fraction of sp³-hybridized carbons (Fsp3) is 0.684. The number of aliphatic hydroxyl groups is 1. The molecule has 3 heteroatoms. The standard InChI is InChI=1S/C19H29NO2/c1-5-14-6-7-16-15(12-14)17(21)18(19(3,4)22-16)20-10-8-13(2)9-11-20/h6-7,12-13,17-18,21H,5,8-11H2,1-4H3. The normalized spacial score (nSPS) is 29.0. The summed E-state index contributed by atoms with van der Waals surface area (Å²) in [7, 11) is 0.